The first-order valence-corrected chi connectivity index (χ1v) is 5.93. The van der Waals surface area contributed by atoms with Gasteiger partial charge in [-0.05, 0) is 43.5 Å². The van der Waals surface area contributed by atoms with E-state index < -0.39 is 0 Å². The molecule has 2 N–H and O–H groups in total. The summed E-state index contributed by atoms with van der Waals surface area (Å²) < 4.78 is 0.881. The van der Waals surface area contributed by atoms with E-state index in [1.807, 2.05) is 6.92 Å². The number of carbonyl (C=O) groups excluding carboxylic acids is 1. The molecule has 2 heterocycles. The molecule has 0 radical (unpaired) electrons. The number of aromatic nitrogens is 1. The Labute approximate surface area is 99.8 Å². The van der Waals surface area contributed by atoms with Gasteiger partial charge in [0, 0.05) is 6.20 Å². The van der Waals surface area contributed by atoms with Gasteiger partial charge in [0.05, 0.1) is 6.04 Å². The molecule has 1 atom stereocenters. The number of hydrogen-bond donors (Lipinski definition) is 2. The maximum atomic E-state index is 11.8. The van der Waals surface area contributed by atoms with Gasteiger partial charge >= 0.3 is 0 Å². The molecule has 17 heavy (non-hydrogen) atoms. The van der Waals surface area contributed by atoms with Gasteiger partial charge in [-0.25, -0.2) is 0 Å². The summed E-state index contributed by atoms with van der Waals surface area (Å²) in [5, 5.41) is 12.7. The minimum atomic E-state index is -0.210. The van der Waals surface area contributed by atoms with Crippen LogP contribution in [0.3, 0.4) is 0 Å². The molecular formula is C12H17N3O2. The van der Waals surface area contributed by atoms with Crippen molar-refractivity contribution in [3.8, 4) is 0 Å². The van der Waals surface area contributed by atoms with Crippen LogP contribution in [0.2, 0.25) is 0 Å². The Hall–Kier alpha value is -1.62. The molecule has 0 aliphatic carbocycles. The summed E-state index contributed by atoms with van der Waals surface area (Å²) in [5.74, 6) is -0.210. The quantitative estimate of drug-likeness (QED) is 0.732. The Morgan fingerprint density at radius 2 is 2.53 bits per heavy atom. The van der Waals surface area contributed by atoms with Crippen molar-refractivity contribution in [2.24, 2.45) is 4.99 Å². The van der Waals surface area contributed by atoms with Crippen molar-refractivity contribution in [1.82, 2.24) is 10.0 Å². The standard InChI is InChI=1S/C12H17N3O2/c1-2-9-5-7-15(17)11(8-9)14-12(16)10-4-3-6-13-10/h5,7-8,10,13,17H,2-4,6H2,1H3/t10-/m0/s1. The van der Waals surface area contributed by atoms with E-state index >= 15 is 0 Å². The van der Waals surface area contributed by atoms with Crippen LogP contribution in [0, 0.1) is 0 Å². The van der Waals surface area contributed by atoms with Crippen molar-refractivity contribution < 1.29 is 10.0 Å². The lowest BCUT2D eigenvalue weighted by molar-refractivity contribution is -0.119. The molecule has 1 amide bonds. The minimum absolute atomic E-state index is 0.194. The van der Waals surface area contributed by atoms with E-state index in [0.717, 1.165) is 36.1 Å². The van der Waals surface area contributed by atoms with Gasteiger partial charge in [-0.1, -0.05) is 6.92 Å². The number of amides is 1. The third-order valence-corrected chi connectivity index (χ3v) is 2.97. The van der Waals surface area contributed by atoms with E-state index in [1.165, 1.54) is 6.20 Å². The molecule has 0 saturated carbocycles. The van der Waals surface area contributed by atoms with Gasteiger partial charge in [0.25, 0.3) is 5.91 Å². The van der Waals surface area contributed by atoms with E-state index in [4.69, 9.17) is 0 Å². The molecule has 1 aliphatic heterocycles. The Morgan fingerprint density at radius 1 is 1.71 bits per heavy atom. The molecule has 1 aromatic heterocycles. The van der Waals surface area contributed by atoms with Gasteiger partial charge in [0.1, 0.15) is 0 Å². The zero-order valence-corrected chi connectivity index (χ0v) is 9.89. The number of nitrogens with one attached hydrogen (secondary N) is 1. The van der Waals surface area contributed by atoms with Crippen LogP contribution in [0.4, 0.5) is 0 Å². The zero-order chi connectivity index (χ0) is 12.3. The topological polar surface area (TPSA) is 66.6 Å². The molecule has 5 nitrogen and oxygen atoms in total. The molecule has 5 heteroatoms. The lowest BCUT2D eigenvalue weighted by Crippen LogP contribution is -2.32. The van der Waals surface area contributed by atoms with Crippen LogP contribution in [0.5, 0.6) is 0 Å². The minimum Gasteiger partial charge on any atom is -0.427 e. The van der Waals surface area contributed by atoms with Crippen molar-refractivity contribution in [2.45, 2.75) is 32.2 Å². The van der Waals surface area contributed by atoms with E-state index in [0.29, 0.717) is 5.49 Å². The molecule has 0 bridgehead atoms. The lowest BCUT2D eigenvalue weighted by atomic mass is 10.2. The number of pyridine rings is 1. The average molecular weight is 235 g/mol. The highest BCUT2D eigenvalue weighted by Crippen LogP contribution is 2.05. The SMILES string of the molecule is CCc1ccn(O)c(=NC(=O)[C@@H]2CCCN2)c1. The highest BCUT2D eigenvalue weighted by molar-refractivity contribution is 5.82. The molecule has 0 unspecified atom stereocenters. The third kappa shape index (κ3) is 2.74. The van der Waals surface area contributed by atoms with E-state index in [-0.39, 0.29) is 11.9 Å². The summed E-state index contributed by atoms with van der Waals surface area (Å²) in [6, 6.07) is 3.34. The summed E-state index contributed by atoms with van der Waals surface area (Å²) in [5.41, 5.74) is 1.34. The number of carbonyl (C=O) groups is 1. The number of hydrogen-bond acceptors (Lipinski definition) is 3. The first-order chi connectivity index (χ1) is 8.20. The van der Waals surface area contributed by atoms with E-state index in [1.54, 1.807) is 12.1 Å². The molecule has 1 saturated heterocycles. The van der Waals surface area contributed by atoms with Gasteiger partial charge in [-0.15, -0.1) is 0 Å². The van der Waals surface area contributed by atoms with E-state index in [9.17, 15) is 10.0 Å². The van der Waals surface area contributed by atoms with Crippen molar-refractivity contribution in [1.29, 1.82) is 0 Å². The van der Waals surface area contributed by atoms with Crippen LogP contribution in [0.1, 0.15) is 25.3 Å². The summed E-state index contributed by atoms with van der Waals surface area (Å²) in [6.45, 7) is 2.88. The van der Waals surface area contributed by atoms with Crippen LogP contribution in [-0.4, -0.2) is 28.4 Å². The molecule has 0 aromatic carbocycles. The summed E-state index contributed by atoms with van der Waals surface area (Å²) in [7, 11) is 0. The van der Waals surface area contributed by atoms with Crippen LogP contribution in [0.15, 0.2) is 23.3 Å². The van der Waals surface area contributed by atoms with Crippen LogP contribution in [0.25, 0.3) is 0 Å². The monoisotopic (exact) mass is 235 g/mol. The summed E-state index contributed by atoms with van der Waals surface area (Å²) >= 11 is 0. The largest absolute Gasteiger partial charge is 0.427 e. The number of nitrogens with zero attached hydrogens (tertiary/aromatic N) is 2. The first-order valence-electron chi connectivity index (χ1n) is 5.93. The summed E-state index contributed by atoms with van der Waals surface area (Å²) in [4.78, 5) is 15.8. The van der Waals surface area contributed by atoms with Crippen LogP contribution in [-0.2, 0) is 11.2 Å². The second-order valence-electron chi connectivity index (χ2n) is 4.19. The Kier molecular flexibility index (Phi) is 3.58. The van der Waals surface area contributed by atoms with Gasteiger partial charge in [0.2, 0.25) is 0 Å². The Bertz CT molecular complexity index is 473. The second-order valence-corrected chi connectivity index (χ2v) is 4.19. The zero-order valence-electron chi connectivity index (χ0n) is 9.89. The molecule has 92 valence electrons. The van der Waals surface area contributed by atoms with Crippen molar-refractivity contribution in [3.63, 3.8) is 0 Å². The molecule has 1 fully saturated rings. The fourth-order valence-electron chi connectivity index (χ4n) is 1.91. The molecule has 1 aliphatic rings. The van der Waals surface area contributed by atoms with Gasteiger partial charge < -0.3 is 10.5 Å². The van der Waals surface area contributed by atoms with Gasteiger partial charge in [-0.2, -0.15) is 9.72 Å². The number of aryl methyl sites for hydroxylation is 1. The second kappa shape index (κ2) is 5.14. The molecule has 2 rings (SSSR count). The molecule has 1 aromatic rings. The predicted octanol–water partition coefficient (Wildman–Crippen LogP) is 0.467. The first kappa shape index (κ1) is 11.9. The van der Waals surface area contributed by atoms with Gasteiger partial charge in [0.15, 0.2) is 5.49 Å². The van der Waals surface area contributed by atoms with Crippen molar-refractivity contribution >= 4 is 5.91 Å². The highest BCUT2D eigenvalue weighted by Gasteiger charge is 2.21. The fraction of sp³-hybridized carbons (Fsp3) is 0.500. The maximum absolute atomic E-state index is 11.8. The average Bonchev–Trinajstić information content (AvgIpc) is 2.85. The Balaban J connectivity index is 2.28. The predicted molar refractivity (Wildman–Crippen MR) is 62.6 cm³/mol. The smallest absolute Gasteiger partial charge is 0.264 e. The van der Waals surface area contributed by atoms with Crippen LogP contribution >= 0.6 is 0 Å². The van der Waals surface area contributed by atoms with Crippen molar-refractivity contribution in [3.05, 3.63) is 29.4 Å². The fourth-order valence-corrected chi connectivity index (χ4v) is 1.91. The van der Waals surface area contributed by atoms with Crippen LogP contribution < -0.4 is 10.8 Å². The lowest BCUT2D eigenvalue weighted by Gasteiger charge is -2.05. The van der Waals surface area contributed by atoms with Crippen molar-refractivity contribution in [2.75, 3.05) is 6.54 Å². The van der Waals surface area contributed by atoms with Gasteiger partial charge in [-0.3, -0.25) is 4.79 Å². The maximum Gasteiger partial charge on any atom is 0.264 e. The normalized spacial score (nSPS) is 20.8. The molecule has 0 spiro atoms. The third-order valence-electron chi connectivity index (χ3n) is 2.97. The molecular weight excluding hydrogens is 218 g/mol. The Morgan fingerprint density at radius 3 is 3.18 bits per heavy atom. The number of rotatable bonds is 2. The highest BCUT2D eigenvalue weighted by atomic mass is 16.5. The van der Waals surface area contributed by atoms with E-state index in [2.05, 4.69) is 10.3 Å². The summed E-state index contributed by atoms with van der Waals surface area (Å²) in [6.07, 6.45) is 4.17.